The number of aromatic nitrogens is 2. The molecule has 1 amide bonds. The van der Waals surface area contributed by atoms with E-state index in [1.54, 1.807) is 6.20 Å². The van der Waals surface area contributed by atoms with Gasteiger partial charge in [-0.05, 0) is 30.3 Å². The quantitative estimate of drug-likeness (QED) is 0.665. The molecule has 0 saturated heterocycles. The summed E-state index contributed by atoms with van der Waals surface area (Å²) >= 11 is 0. The van der Waals surface area contributed by atoms with Crippen LogP contribution in [0.4, 0.5) is 5.69 Å². The Balaban J connectivity index is 1.72. The highest BCUT2D eigenvalue weighted by Crippen LogP contribution is 2.20. The van der Waals surface area contributed by atoms with Crippen LogP contribution in [0, 0.1) is 0 Å². The number of amides is 1. The molecule has 3 rings (SSSR count). The number of aliphatic hydroxyl groups excluding tert-OH is 1. The van der Waals surface area contributed by atoms with Crippen LogP contribution in [0.25, 0.3) is 16.6 Å². The molecule has 0 unspecified atom stereocenters. The van der Waals surface area contributed by atoms with Crippen LogP contribution in [0.2, 0.25) is 0 Å². The highest BCUT2D eigenvalue weighted by Gasteiger charge is 2.06. The van der Waals surface area contributed by atoms with Gasteiger partial charge in [0.05, 0.1) is 11.6 Å². The van der Waals surface area contributed by atoms with Gasteiger partial charge in [-0.1, -0.05) is 0 Å². The number of aliphatic hydroxyl groups is 1. The Morgan fingerprint density at radius 3 is 3.00 bits per heavy atom. The lowest BCUT2D eigenvalue weighted by molar-refractivity contribution is -0.119. The molecule has 0 radical (unpaired) electrons. The Morgan fingerprint density at radius 2 is 2.18 bits per heavy atom. The number of hydrogen-bond donors (Lipinski definition) is 3. The molecule has 0 fully saturated rings. The van der Waals surface area contributed by atoms with Crippen LogP contribution in [-0.4, -0.2) is 39.6 Å². The predicted molar refractivity (Wildman–Crippen MR) is 85.9 cm³/mol. The molecule has 2 heterocycles. The van der Waals surface area contributed by atoms with Crippen molar-refractivity contribution in [3.8, 4) is 0 Å². The predicted octanol–water partition coefficient (Wildman–Crippen LogP) is 1.40. The van der Waals surface area contributed by atoms with E-state index in [2.05, 4.69) is 15.6 Å². The summed E-state index contributed by atoms with van der Waals surface area (Å²) in [6, 6.07) is 10.0. The average Bonchev–Trinajstić information content (AvgIpc) is 2.99. The number of rotatable bonds is 5. The third-order valence-electron chi connectivity index (χ3n) is 3.50. The Morgan fingerprint density at radius 1 is 1.32 bits per heavy atom. The van der Waals surface area contributed by atoms with Crippen molar-refractivity contribution in [2.24, 2.45) is 0 Å². The van der Waals surface area contributed by atoms with Gasteiger partial charge in [-0.25, -0.2) is 4.98 Å². The monoisotopic (exact) mass is 298 g/mol. The lowest BCUT2D eigenvalue weighted by atomic mass is 10.2. The first-order chi connectivity index (χ1) is 10.6. The van der Waals surface area contributed by atoms with E-state index in [-0.39, 0.29) is 12.5 Å². The first-order valence-corrected chi connectivity index (χ1v) is 7.16. The standard InChI is InChI=1S/C16H18N4O2/c1-11(21)18-9-14(22)10-19-13-3-4-15-12(8-13)2-5-16-17-6-7-20(15)16/h2-8,14,19,22H,9-10H2,1H3,(H,18,21)/t14-/m0/s1. The van der Waals surface area contributed by atoms with Gasteiger partial charge >= 0.3 is 0 Å². The Bertz CT molecular complexity index is 812. The maximum atomic E-state index is 10.8. The summed E-state index contributed by atoms with van der Waals surface area (Å²) in [7, 11) is 0. The smallest absolute Gasteiger partial charge is 0.216 e. The number of pyridine rings is 1. The SMILES string of the molecule is CC(=O)NC[C@H](O)CNc1ccc2c(ccc3nccn32)c1. The van der Waals surface area contributed by atoms with E-state index < -0.39 is 6.10 Å². The summed E-state index contributed by atoms with van der Waals surface area (Å²) in [6.07, 6.45) is 3.08. The van der Waals surface area contributed by atoms with Gasteiger partial charge in [0, 0.05) is 43.5 Å². The van der Waals surface area contributed by atoms with Gasteiger partial charge < -0.3 is 15.7 Å². The largest absolute Gasteiger partial charge is 0.389 e. The van der Waals surface area contributed by atoms with Gasteiger partial charge in [0.25, 0.3) is 0 Å². The van der Waals surface area contributed by atoms with Gasteiger partial charge in [0.2, 0.25) is 5.91 Å². The molecule has 0 aliphatic rings. The lowest BCUT2D eigenvalue weighted by Crippen LogP contribution is -2.34. The number of carbonyl (C=O) groups excluding carboxylic acids is 1. The van der Waals surface area contributed by atoms with Gasteiger partial charge in [-0.15, -0.1) is 0 Å². The summed E-state index contributed by atoms with van der Waals surface area (Å²) in [5.74, 6) is -0.144. The normalized spacial score (nSPS) is 12.5. The number of nitrogens with one attached hydrogen (secondary N) is 2. The molecule has 22 heavy (non-hydrogen) atoms. The summed E-state index contributed by atoms with van der Waals surface area (Å²) in [5.41, 5.74) is 2.92. The Hall–Kier alpha value is -2.60. The van der Waals surface area contributed by atoms with Crippen molar-refractivity contribution < 1.29 is 9.90 Å². The van der Waals surface area contributed by atoms with Crippen LogP contribution in [0.3, 0.4) is 0 Å². The number of hydrogen-bond acceptors (Lipinski definition) is 4. The molecule has 3 N–H and O–H groups in total. The molecular weight excluding hydrogens is 280 g/mol. The van der Waals surface area contributed by atoms with Crippen LogP contribution in [-0.2, 0) is 4.79 Å². The molecule has 1 atom stereocenters. The second kappa shape index (κ2) is 6.03. The van der Waals surface area contributed by atoms with Crippen molar-refractivity contribution in [3.63, 3.8) is 0 Å². The highest BCUT2D eigenvalue weighted by molar-refractivity contribution is 5.85. The minimum absolute atomic E-state index is 0.144. The molecular formula is C16H18N4O2. The van der Waals surface area contributed by atoms with Crippen molar-refractivity contribution in [3.05, 3.63) is 42.7 Å². The fourth-order valence-electron chi connectivity index (χ4n) is 2.39. The topological polar surface area (TPSA) is 78.7 Å². The van der Waals surface area contributed by atoms with Crippen LogP contribution >= 0.6 is 0 Å². The molecule has 2 aromatic heterocycles. The van der Waals surface area contributed by atoms with E-state index in [1.807, 2.05) is 40.9 Å². The maximum absolute atomic E-state index is 10.8. The number of anilines is 1. The molecule has 0 saturated carbocycles. The molecule has 0 aliphatic heterocycles. The van der Waals surface area contributed by atoms with Crippen LogP contribution in [0.15, 0.2) is 42.7 Å². The third kappa shape index (κ3) is 3.01. The number of carbonyl (C=O) groups is 1. The lowest BCUT2D eigenvalue weighted by Gasteiger charge is -2.13. The van der Waals surface area contributed by atoms with E-state index in [9.17, 15) is 9.90 Å². The van der Waals surface area contributed by atoms with Crippen LogP contribution in [0.1, 0.15) is 6.92 Å². The van der Waals surface area contributed by atoms with E-state index in [1.165, 1.54) is 6.92 Å². The summed E-state index contributed by atoms with van der Waals surface area (Å²) in [5, 5.41) is 16.7. The van der Waals surface area contributed by atoms with Gasteiger partial charge in [0.15, 0.2) is 0 Å². The van der Waals surface area contributed by atoms with Gasteiger partial charge in [-0.3, -0.25) is 9.20 Å². The zero-order valence-electron chi connectivity index (χ0n) is 12.3. The first-order valence-electron chi connectivity index (χ1n) is 7.16. The van der Waals surface area contributed by atoms with Crippen molar-refractivity contribution >= 4 is 28.1 Å². The number of fused-ring (bicyclic) bond motifs is 3. The molecule has 6 nitrogen and oxygen atoms in total. The summed E-state index contributed by atoms with van der Waals surface area (Å²) < 4.78 is 2.03. The van der Waals surface area contributed by atoms with E-state index in [4.69, 9.17) is 0 Å². The number of imidazole rings is 1. The molecule has 0 spiro atoms. The van der Waals surface area contributed by atoms with Crippen LogP contribution in [0.5, 0.6) is 0 Å². The first kappa shape index (κ1) is 14.3. The molecule has 3 aromatic rings. The molecule has 0 aliphatic carbocycles. The van der Waals surface area contributed by atoms with Crippen LogP contribution < -0.4 is 10.6 Å². The minimum Gasteiger partial charge on any atom is -0.389 e. The fraction of sp³-hybridized carbons (Fsp3) is 0.250. The highest BCUT2D eigenvalue weighted by atomic mass is 16.3. The van der Waals surface area contributed by atoms with Crippen molar-refractivity contribution in [2.45, 2.75) is 13.0 Å². The Labute approximate surface area is 127 Å². The number of nitrogens with zero attached hydrogens (tertiary/aromatic N) is 2. The fourth-order valence-corrected chi connectivity index (χ4v) is 2.39. The van der Waals surface area contributed by atoms with E-state index >= 15 is 0 Å². The zero-order chi connectivity index (χ0) is 15.5. The molecule has 6 heteroatoms. The zero-order valence-corrected chi connectivity index (χ0v) is 12.3. The summed E-state index contributed by atoms with van der Waals surface area (Å²) in [6.45, 7) is 2.05. The number of benzene rings is 1. The van der Waals surface area contributed by atoms with Crippen molar-refractivity contribution in [2.75, 3.05) is 18.4 Å². The van der Waals surface area contributed by atoms with Crippen molar-refractivity contribution in [1.82, 2.24) is 14.7 Å². The third-order valence-corrected chi connectivity index (χ3v) is 3.50. The minimum atomic E-state index is -0.629. The maximum Gasteiger partial charge on any atom is 0.216 e. The molecule has 114 valence electrons. The average molecular weight is 298 g/mol. The molecule has 1 aromatic carbocycles. The Kier molecular flexibility index (Phi) is 3.93. The second-order valence-corrected chi connectivity index (χ2v) is 5.23. The summed E-state index contributed by atoms with van der Waals surface area (Å²) in [4.78, 5) is 15.1. The molecule has 0 bridgehead atoms. The van der Waals surface area contributed by atoms with E-state index in [0.717, 1.165) is 22.2 Å². The van der Waals surface area contributed by atoms with Crippen molar-refractivity contribution in [1.29, 1.82) is 0 Å². The van der Waals surface area contributed by atoms with Gasteiger partial charge in [-0.2, -0.15) is 0 Å². The van der Waals surface area contributed by atoms with E-state index in [0.29, 0.717) is 6.54 Å². The second-order valence-electron chi connectivity index (χ2n) is 5.23. The van der Waals surface area contributed by atoms with Gasteiger partial charge in [0.1, 0.15) is 5.65 Å².